The van der Waals surface area contributed by atoms with E-state index in [0.717, 1.165) is 32.0 Å². The second kappa shape index (κ2) is 12.3. The van der Waals surface area contributed by atoms with Gasteiger partial charge in [0.1, 0.15) is 0 Å². The van der Waals surface area contributed by atoms with Gasteiger partial charge in [-0.2, -0.15) is 0 Å². The highest BCUT2D eigenvalue weighted by Crippen LogP contribution is 2.14. The van der Waals surface area contributed by atoms with E-state index in [1.54, 1.807) is 7.05 Å². The van der Waals surface area contributed by atoms with E-state index in [2.05, 4.69) is 56.2 Å². The Hall–Kier alpha value is -1.35. The first-order valence-electron chi connectivity index (χ1n) is 9.90. The number of likely N-dealkylation sites (tertiary alicyclic amines) is 1. The fourth-order valence-electron chi connectivity index (χ4n) is 3.17. The summed E-state index contributed by atoms with van der Waals surface area (Å²) in [4.78, 5) is 18.7. The summed E-state index contributed by atoms with van der Waals surface area (Å²) >= 11 is 0. The molecule has 2 rings (SSSR count). The second-order valence-electron chi connectivity index (χ2n) is 8.21. The van der Waals surface area contributed by atoms with Crippen LogP contribution in [0.25, 0.3) is 0 Å². The molecule has 7 heteroatoms. The monoisotopic (exact) mass is 501 g/mol. The molecule has 0 spiro atoms. The molecule has 6 nitrogen and oxygen atoms in total. The fourth-order valence-corrected chi connectivity index (χ4v) is 3.17. The Kier molecular flexibility index (Phi) is 10.8. The molecular formula is C21H36IN5O. The van der Waals surface area contributed by atoms with Gasteiger partial charge in [-0.15, -0.1) is 24.0 Å². The number of piperidine rings is 1. The van der Waals surface area contributed by atoms with Crippen LogP contribution in [0.15, 0.2) is 35.3 Å². The number of nitrogens with zero attached hydrogens (tertiary/aromatic N) is 2. The van der Waals surface area contributed by atoms with Gasteiger partial charge in [0.15, 0.2) is 5.96 Å². The van der Waals surface area contributed by atoms with Gasteiger partial charge in [0.2, 0.25) is 5.91 Å². The molecule has 158 valence electrons. The number of hydrogen-bond donors (Lipinski definition) is 3. The summed E-state index contributed by atoms with van der Waals surface area (Å²) in [6.07, 6.45) is 2.33. The van der Waals surface area contributed by atoms with Crippen LogP contribution in [0.3, 0.4) is 0 Å². The van der Waals surface area contributed by atoms with E-state index < -0.39 is 0 Å². The zero-order valence-electron chi connectivity index (χ0n) is 17.6. The standard InChI is InChI=1S/C21H35N5O.HI/c1-21(2,3)19(27)23-12-13-24-20(22-4)25-18-11-8-14-26(16-18)15-17-9-6-5-7-10-17;/h5-7,9-10,18H,8,11-16H2,1-4H3,(H,23,27)(H2,22,24,25);1H. The number of halogens is 1. The van der Waals surface area contributed by atoms with Crippen molar-refractivity contribution in [1.82, 2.24) is 20.9 Å². The van der Waals surface area contributed by atoms with Crippen molar-refractivity contribution < 1.29 is 4.79 Å². The molecule has 3 N–H and O–H groups in total. The van der Waals surface area contributed by atoms with E-state index in [9.17, 15) is 4.79 Å². The summed E-state index contributed by atoms with van der Waals surface area (Å²) < 4.78 is 0. The Balaban J connectivity index is 0.00000392. The minimum atomic E-state index is -0.357. The lowest BCUT2D eigenvalue weighted by Crippen LogP contribution is -2.52. The molecule has 0 aromatic heterocycles. The first kappa shape index (κ1) is 24.7. The molecule has 1 saturated heterocycles. The Morgan fingerprint density at radius 3 is 2.50 bits per heavy atom. The van der Waals surface area contributed by atoms with Crippen molar-refractivity contribution in [2.45, 2.75) is 46.2 Å². The van der Waals surface area contributed by atoms with Gasteiger partial charge in [-0.25, -0.2) is 0 Å². The quantitative estimate of drug-likeness (QED) is 0.243. The first-order chi connectivity index (χ1) is 12.9. The largest absolute Gasteiger partial charge is 0.355 e. The van der Waals surface area contributed by atoms with Crippen molar-refractivity contribution in [3.05, 3.63) is 35.9 Å². The predicted octanol–water partition coefficient (Wildman–Crippen LogP) is 2.60. The maximum atomic E-state index is 11.9. The van der Waals surface area contributed by atoms with Gasteiger partial charge in [0.25, 0.3) is 0 Å². The summed E-state index contributed by atoms with van der Waals surface area (Å²) in [5.74, 6) is 0.864. The molecule has 0 aliphatic carbocycles. The van der Waals surface area contributed by atoms with E-state index in [4.69, 9.17) is 0 Å². The van der Waals surface area contributed by atoms with Gasteiger partial charge in [0, 0.05) is 44.7 Å². The van der Waals surface area contributed by atoms with Crippen LogP contribution in [0, 0.1) is 5.41 Å². The maximum Gasteiger partial charge on any atom is 0.225 e. The van der Waals surface area contributed by atoms with E-state index in [1.165, 1.54) is 12.0 Å². The predicted molar refractivity (Wildman–Crippen MR) is 127 cm³/mol. The Morgan fingerprint density at radius 1 is 1.18 bits per heavy atom. The summed E-state index contributed by atoms with van der Waals surface area (Å²) in [5.41, 5.74) is 1.000. The summed E-state index contributed by atoms with van der Waals surface area (Å²) in [6, 6.07) is 11.0. The van der Waals surface area contributed by atoms with Gasteiger partial charge in [-0.3, -0.25) is 14.7 Å². The molecule has 1 aliphatic rings. The third-order valence-electron chi connectivity index (χ3n) is 4.70. The van der Waals surface area contributed by atoms with E-state index >= 15 is 0 Å². The highest BCUT2D eigenvalue weighted by Gasteiger charge is 2.21. The van der Waals surface area contributed by atoms with Crippen LogP contribution in [0.1, 0.15) is 39.2 Å². The number of nitrogens with one attached hydrogen (secondary N) is 3. The summed E-state index contributed by atoms with van der Waals surface area (Å²) in [7, 11) is 1.79. The van der Waals surface area contributed by atoms with Gasteiger partial charge >= 0.3 is 0 Å². The molecule has 1 unspecified atom stereocenters. The van der Waals surface area contributed by atoms with Crippen molar-refractivity contribution in [1.29, 1.82) is 0 Å². The van der Waals surface area contributed by atoms with Gasteiger partial charge in [0.05, 0.1) is 0 Å². The lowest BCUT2D eigenvalue weighted by atomic mass is 9.96. The lowest BCUT2D eigenvalue weighted by molar-refractivity contribution is -0.128. The van der Waals surface area contributed by atoms with Gasteiger partial charge in [-0.1, -0.05) is 51.1 Å². The number of carbonyl (C=O) groups is 1. The molecule has 0 saturated carbocycles. The van der Waals surface area contributed by atoms with E-state index in [0.29, 0.717) is 19.1 Å². The molecule has 1 heterocycles. The zero-order valence-corrected chi connectivity index (χ0v) is 20.0. The minimum absolute atomic E-state index is 0. The van der Waals surface area contributed by atoms with Crippen molar-refractivity contribution in [2.75, 3.05) is 33.2 Å². The molecule has 1 aromatic rings. The molecule has 1 amide bonds. The maximum absolute atomic E-state index is 11.9. The number of aliphatic imine (C=N–C) groups is 1. The van der Waals surface area contributed by atoms with Crippen LogP contribution in [0.4, 0.5) is 0 Å². The molecule has 28 heavy (non-hydrogen) atoms. The smallest absolute Gasteiger partial charge is 0.225 e. The average molecular weight is 501 g/mol. The fraction of sp³-hybridized carbons (Fsp3) is 0.619. The molecule has 1 fully saturated rings. The van der Waals surface area contributed by atoms with Crippen LogP contribution in [0.5, 0.6) is 0 Å². The highest BCUT2D eigenvalue weighted by molar-refractivity contribution is 14.0. The third kappa shape index (κ3) is 8.77. The molecule has 0 bridgehead atoms. The van der Waals surface area contributed by atoms with Gasteiger partial charge in [-0.05, 0) is 24.9 Å². The van der Waals surface area contributed by atoms with Crippen LogP contribution in [0.2, 0.25) is 0 Å². The summed E-state index contributed by atoms with van der Waals surface area (Å²) in [5, 5.41) is 9.77. The highest BCUT2D eigenvalue weighted by atomic mass is 127. The SMILES string of the molecule is CN=C(NCCNC(=O)C(C)(C)C)NC1CCCN(Cc2ccccc2)C1.I. The van der Waals surface area contributed by atoms with Crippen molar-refractivity contribution >= 4 is 35.8 Å². The number of amides is 1. The van der Waals surface area contributed by atoms with Gasteiger partial charge < -0.3 is 16.0 Å². The molecule has 0 radical (unpaired) electrons. The minimum Gasteiger partial charge on any atom is -0.355 e. The van der Waals surface area contributed by atoms with Crippen molar-refractivity contribution in [3.63, 3.8) is 0 Å². The van der Waals surface area contributed by atoms with Crippen molar-refractivity contribution in [2.24, 2.45) is 10.4 Å². The van der Waals surface area contributed by atoms with Crippen LogP contribution in [-0.2, 0) is 11.3 Å². The number of carbonyl (C=O) groups excluding carboxylic acids is 1. The number of benzene rings is 1. The molecular weight excluding hydrogens is 465 g/mol. The molecule has 1 aliphatic heterocycles. The van der Waals surface area contributed by atoms with E-state index in [1.807, 2.05) is 20.8 Å². The molecule has 1 aromatic carbocycles. The third-order valence-corrected chi connectivity index (χ3v) is 4.70. The number of rotatable bonds is 6. The van der Waals surface area contributed by atoms with E-state index in [-0.39, 0.29) is 35.3 Å². The van der Waals surface area contributed by atoms with Crippen LogP contribution >= 0.6 is 24.0 Å². The second-order valence-corrected chi connectivity index (χ2v) is 8.21. The average Bonchev–Trinajstić information content (AvgIpc) is 2.64. The molecule has 1 atom stereocenters. The summed E-state index contributed by atoms with van der Waals surface area (Å²) in [6.45, 7) is 10.1. The van der Waals surface area contributed by atoms with Crippen molar-refractivity contribution in [3.8, 4) is 0 Å². The number of hydrogen-bond acceptors (Lipinski definition) is 3. The Morgan fingerprint density at radius 2 is 1.86 bits per heavy atom. The van der Waals surface area contributed by atoms with Crippen LogP contribution < -0.4 is 16.0 Å². The lowest BCUT2D eigenvalue weighted by Gasteiger charge is -2.34. The topological polar surface area (TPSA) is 68.8 Å². The zero-order chi connectivity index (χ0) is 19.7. The Bertz CT molecular complexity index is 615. The van der Waals surface area contributed by atoms with Crippen LogP contribution in [-0.4, -0.2) is 56.0 Å². The number of guanidine groups is 1. The Labute approximate surface area is 187 Å². The first-order valence-corrected chi connectivity index (χ1v) is 9.90. The normalized spacial score (nSPS) is 18.1.